The second-order valence-corrected chi connectivity index (χ2v) is 7.80. The highest BCUT2D eigenvalue weighted by atomic mass is 16.5. The molecule has 0 aliphatic rings. The molecule has 0 aromatic heterocycles. The van der Waals surface area contributed by atoms with Crippen LogP contribution in [0.15, 0.2) is 114 Å². The predicted molar refractivity (Wildman–Crippen MR) is 142 cm³/mol. The van der Waals surface area contributed by atoms with E-state index in [0.717, 1.165) is 0 Å². The molecule has 0 spiro atoms. The molecule has 2 N–H and O–H groups in total. The second kappa shape index (κ2) is 12.5. The monoisotopic (exact) mass is 506 g/mol. The quantitative estimate of drug-likeness (QED) is 0.114. The maximum absolute atomic E-state index is 12.5. The second-order valence-electron chi connectivity index (χ2n) is 7.80. The Morgan fingerprint density at radius 2 is 1.32 bits per heavy atom. The lowest BCUT2D eigenvalue weighted by Gasteiger charge is -2.08. The molecule has 0 fully saturated rings. The highest BCUT2D eigenvalue weighted by molar-refractivity contribution is 5.97. The summed E-state index contributed by atoms with van der Waals surface area (Å²) in [7, 11) is 0. The summed E-state index contributed by atoms with van der Waals surface area (Å²) in [6.07, 6.45) is 4.02. The molecule has 8 heteroatoms. The van der Waals surface area contributed by atoms with E-state index in [4.69, 9.17) is 9.47 Å². The van der Waals surface area contributed by atoms with Gasteiger partial charge in [0.15, 0.2) is 0 Å². The smallest absolute Gasteiger partial charge is 0.343 e. The van der Waals surface area contributed by atoms with Gasteiger partial charge in [-0.3, -0.25) is 4.79 Å². The maximum atomic E-state index is 12.5. The zero-order chi connectivity index (χ0) is 26.7. The Kier molecular flexibility index (Phi) is 8.39. The highest BCUT2D eigenvalue weighted by Gasteiger charge is 2.12. The fourth-order valence-electron chi connectivity index (χ4n) is 3.31. The van der Waals surface area contributed by atoms with Crippen molar-refractivity contribution >= 4 is 30.1 Å². The molecule has 4 aromatic carbocycles. The van der Waals surface area contributed by atoms with E-state index in [1.54, 1.807) is 91.0 Å². The van der Waals surface area contributed by atoms with Crippen molar-refractivity contribution in [3.05, 3.63) is 131 Å². The Balaban J connectivity index is 1.41. The first-order chi connectivity index (χ1) is 18.5. The van der Waals surface area contributed by atoms with Crippen LogP contribution in [0.3, 0.4) is 0 Å². The van der Waals surface area contributed by atoms with Gasteiger partial charge in [0.05, 0.1) is 17.3 Å². The minimum Gasteiger partial charge on any atom is -0.507 e. The summed E-state index contributed by atoms with van der Waals surface area (Å²) in [6.45, 7) is 0. The number of nitrogens with zero attached hydrogens (tertiary/aromatic N) is 1. The van der Waals surface area contributed by atoms with Crippen molar-refractivity contribution in [3.63, 3.8) is 0 Å². The number of carbonyl (C=O) groups is 3. The molecule has 0 unspecified atom stereocenters. The van der Waals surface area contributed by atoms with Gasteiger partial charge in [0.1, 0.15) is 17.2 Å². The van der Waals surface area contributed by atoms with Crippen molar-refractivity contribution in [2.45, 2.75) is 0 Å². The molecule has 4 rings (SSSR count). The van der Waals surface area contributed by atoms with Gasteiger partial charge in [0.2, 0.25) is 0 Å². The van der Waals surface area contributed by atoms with Gasteiger partial charge < -0.3 is 14.6 Å². The number of carbonyl (C=O) groups excluding carboxylic acids is 3. The number of hydrogen-bond acceptors (Lipinski definition) is 7. The molecule has 188 valence electrons. The first-order valence-corrected chi connectivity index (χ1v) is 11.5. The van der Waals surface area contributed by atoms with E-state index in [2.05, 4.69) is 10.5 Å². The normalized spacial score (nSPS) is 10.8. The number of phenolic OH excluding ortho intramolecular Hbond substituents is 1. The van der Waals surface area contributed by atoms with E-state index in [0.29, 0.717) is 16.7 Å². The van der Waals surface area contributed by atoms with Crippen molar-refractivity contribution in [3.8, 4) is 17.2 Å². The summed E-state index contributed by atoms with van der Waals surface area (Å²) in [6, 6.07) is 28.1. The van der Waals surface area contributed by atoms with Crippen molar-refractivity contribution < 1.29 is 29.0 Å². The first kappa shape index (κ1) is 25.6. The SMILES string of the molecule is O=C(/C=C/c1ccccc1OC(=O)c1ccccc1)Oc1ccccc1/C=N/NC(=O)c1ccccc1O. The number of hydrazone groups is 1. The fraction of sp³-hybridized carbons (Fsp3) is 0. The third-order valence-corrected chi connectivity index (χ3v) is 5.18. The maximum Gasteiger partial charge on any atom is 0.343 e. The van der Waals surface area contributed by atoms with E-state index in [9.17, 15) is 19.5 Å². The van der Waals surface area contributed by atoms with Crippen molar-refractivity contribution in [1.29, 1.82) is 0 Å². The number of benzene rings is 4. The van der Waals surface area contributed by atoms with Crippen LogP contribution in [0.1, 0.15) is 31.8 Å². The average molecular weight is 507 g/mol. The number of ether oxygens (including phenoxy) is 2. The molecule has 0 aliphatic heterocycles. The third kappa shape index (κ3) is 6.79. The highest BCUT2D eigenvalue weighted by Crippen LogP contribution is 2.22. The molecule has 0 saturated carbocycles. The van der Waals surface area contributed by atoms with Gasteiger partial charge in [0, 0.05) is 17.2 Å². The van der Waals surface area contributed by atoms with E-state index < -0.39 is 17.8 Å². The molecular weight excluding hydrogens is 484 g/mol. The molecule has 8 nitrogen and oxygen atoms in total. The molecule has 0 bridgehead atoms. The van der Waals surface area contributed by atoms with Crippen LogP contribution in [-0.4, -0.2) is 29.2 Å². The summed E-state index contributed by atoms with van der Waals surface area (Å²) < 4.78 is 10.9. The largest absolute Gasteiger partial charge is 0.507 e. The summed E-state index contributed by atoms with van der Waals surface area (Å²) in [4.78, 5) is 37.2. The van der Waals surface area contributed by atoms with E-state index in [1.807, 2.05) is 0 Å². The van der Waals surface area contributed by atoms with Crippen LogP contribution in [0.2, 0.25) is 0 Å². The average Bonchev–Trinajstić information content (AvgIpc) is 2.94. The first-order valence-electron chi connectivity index (χ1n) is 11.5. The molecule has 0 saturated heterocycles. The Morgan fingerprint density at radius 3 is 2.05 bits per heavy atom. The molecule has 0 aliphatic carbocycles. The van der Waals surface area contributed by atoms with Gasteiger partial charge in [-0.25, -0.2) is 15.0 Å². The molecule has 0 atom stereocenters. The van der Waals surface area contributed by atoms with Gasteiger partial charge in [0.25, 0.3) is 5.91 Å². The summed E-state index contributed by atoms with van der Waals surface area (Å²) in [5.74, 6) is -1.45. The number of hydrogen-bond donors (Lipinski definition) is 2. The van der Waals surface area contributed by atoms with Gasteiger partial charge in [-0.05, 0) is 48.5 Å². The minimum atomic E-state index is -0.673. The number of phenols is 1. The molecule has 0 radical (unpaired) electrons. The Morgan fingerprint density at radius 1 is 0.711 bits per heavy atom. The Hall–Kier alpha value is -5.50. The zero-order valence-corrected chi connectivity index (χ0v) is 20.0. The van der Waals surface area contributed by atoms with E-state index >= 15 is 0 Å². The number of amides is 1. The molecule has 1 amide bonds. The Labute approximate surface area is 218 Å². The summed E-state index contributed by atoms with van der Waals surface area (Å²) in [5.41, 5.74) is 3.74. The Bertz CT molecular complexity index is 1510. The number of esters is 2. The van der Waals surface area contributed by atoms with Crippen molar-refractivity contribution in [1.82, 2.24) is 5.43 Å². The number of rotatable bonds is 8. The lowest BCUT2D eigenvalue weighted by molar-refractivity contribution is -0.128. The lowest BCUT2D eigenvalue weighted by atomic mass is 10.2. The molecular formula is C30H22N2O6. The van der Waals surface area contributed by atoms with Gasteiger partial charge >= 0.3 is 11.9 Å². The minimum absolute atomic E-state index is 0.0734. The number of nitrogens with one attached hydrogen (secondary N) is 1. The van der Waals surface area contributed by atoms with Crippen LogP contribution in [0, 0.1) is 0 Å². The third-order valence-electron chi connectivity index (χ3n) is 5.18. The number of para-hydroxylation sites is 3. The predicted octanol–water partition coefficient (Wildman–Crippen LogP) is 4.99. The van der Waals surface area contributed by atoms with E-state index in [1.165, 1.54) is 30.5 Å². The molecule has 4 aromatic rings. The van der Waals surface area contributed by atoms with E-state index in [-0.39, 0.29) is 22.8 Å². The van der Waals surface area contributed by atoms with Crippen LogP contribution in [0.5, 0.6) is 17.2 Å². The van der Waals surface area contributed by atoms with Gasteiger partial charge in [-0.15, -0.1) is 0 Å². The molecule has 38 heavy (non-hydrogen) atoms. The van der Waals surface area contributed by atoms with Crippen LogP contribution >= 0.6 is 0 Å². The van der Waals surface area contributed by atoms with Crippen LogP contribution in [-0.2, 0) is 4.79 Å². The number of aromatic hydroxyl groups is 1. The van der Waals surface area contributed by atoms with Crippen LogP contribution in [0.25, 0.3) is 6.08 Å². The zero-order valence-electron chi connectivity index (χ0n) is 20.0. The van der Waals surface area contributed by atoms with Crippen molar-refractivity contribution in [2.24, 2.45) is 5.10 Å². The topological polar surface area (TPSA) is 114 Å². The van der Waals surface area contributed by atoms with Gasteiger partial charge in [-0.2, -0.15) is 5.10 Å². The summed E-state index contributed by atoms with van der Waals surface area (Å²) in [5, 5.41) is 13.7. The fourth-order valence-corrected chi connectivity index (χ4v) is 3.31. The van der Waals surface area contributed by atoms with Crippen LogP contribution in [0.4, 0.5) is 0 Å². The van der Waals surface area contributed by atoms with Crippen molar-refractivity contribution in [2.75, 3.05) is 0 Å². The lowest BCUT2D eigenvalue weighted by Crippen LogP contribution is -2.17. The standard InChI is InChI=1S/C30H22N2O6/c33-25-15-7-6-14-24(25)29(35)32-31-20-23-13-5-9-17-27(23)37-28(34)19-18-21-10-4-8-16-26(21)38-30(36)22-11-2-1-3-12-22/h1-20,33H,(H,32,35)/b19-18+,31-20+. The van der Waals surface area contributed by atoms with Gasteiger partial charge in [-0.1, -0.05) is 60.7 Å². The van der Waals surface area contributed by atoms with Crippen LogP contribution < -0.4 is 14.9 Å². The molecule has 0 heterocycles. The summed E-state index contributed by atoms with van der Waals surface area (Å²) >= 11 is 0.